The van der Waals surface area contributed by atoms with E-state index in [4.69, 9.17) is 5.73 Å². The van der Waals surface area contributed by atoms with Crippen molar-refractivity contribution in [3.05, 3.63) is 48.0 Å². The predicted molar refractivity (Wildman–Crippen MR) is 99.4 cm³/mol. The van der Waals surface area contributed by atoms with Gasteiger partial charge >= 0.3 is 0 Å². The predicted octanol–water partition coefficient (Wildman–Crippen LogP) is 2.55. The summed E-state index contributed by atoms with van der Waals surface area (Å²) in [5, 5.41) is 8.64. The molecular formula is C17H23Cl2N3O. The Kier molecular flexibility index (Phi) is 7.79. The number of benzene rings is 2. The molecule has 6 heteroatoms. The van der Waals surface area contributed by atoms with Crippen LogP contribution in [0.2, 0.25) is 0 Å². The van der Waals surface area contributed by atoms with Gasteiger partial charge in [-0.3, -0.25) is 4.79 Å². The van der Waals surface area contributed by atoms with Crippen LogP contribution in [0.1, 0.15) is 24.4 Å². The van der Waals surface area contributed by atoms with Gasteiger partial charge in [0.2, 0.25) is 5.91 Å². The number of carbonyl (C=O) groups excluding carboxylic acids is 1. The SMILES string of the molecule is Cl.Cl.NCC(NC(=O)[C@@H]1CCCN1)c1ccc2ccccc2c1. The molecule has 1 saturated heterocycles. The Bertz CT molecular complexity index is 645. The third kappa shape index (κ3) is 4.58. The van der Waals surface area contributed by atoms with Crippen molar-refractivity contribution in [1.82, 2.24) is 10.6 Å². The number of nitrogens with one attached hydrogen (secondary N) is 2. The van der Waals surface area contributed by atoms with Crippen molar-refractivity contribution in [1.29, 1.82) is 0 Å². The Morgan fingerprint density at radius 3 is 2.61 bits per heavy atom. The van der Waals surface area contributed by atoms with E-state index in [0.29, 0.717) is 6.54 Å². The molecule has 4 N–H and O–H groups in total. The van der Waals surface area contributed by atoms with E-state index in [2.05, 4.69) is 34.9 Å². The summed E-state index contributed by atoms with van der Waals surface area (Å²) in [6, 6.07) is 14.2. The van der Waals surface area contributed by atoms with Crippen LogP contribution in [0, 0.1) is 0 Å². The second-order valence-electron chi connectivity index (χ2n) is 5.55. The fraction of sp³-hybridized carbons (Fsp3) is 0.353. The molecule has 0 bridgehead atoms. The first-order chi connectivity index (χ1) is 10.3. The van der Waals surface area contributed by atoms with Crippen LogP contribution in [-0.2, 0) is 4.79 Å². The molecule has 1 heterocycles. The van der Waals surface area contributed by atoms with Gasteiger partial charge in [0.1, 0.15) is 0 Å². The fourth-order valence-electron chi connectivity index (χ4n) is 2.88. The van der Waals surface area contributed by atoms with Crippen LogP contribution in [0.15, 0.2) is 42.5 Å². The minimum atomic E-state index is -0.135. The van der Waals surface area contributed by atoms with Crippen molar-refractivity contribution >= 4 is 41.5 Å². The summed E-state index contributed by atoms with van der Waals surface area (Å²) in [5.41, 5.74) is 6.92. The molecule has 1 fully saturated rings. The first-order valence-corrected chi connectivity index (χ1v) is 7.50. The van der Waals surface area contributed by atoms with Gasteiger partial charge in [-0.25, -0.2) is 0 Å². The molecule has 3 rings (SSSR count). The van der Waals surface area contributed by atoms with Crippen LogP contribution in [0.3, 0.4) is 0 Å². The molecule has 126 valence electrons. The average Bonchev–Trinajstić information content (AvgIpc) is 3.06. The molecule has 0 radical (unpaired) electrons. The van der Waals surface area contributed by atoms with Crippen LogP contribution < -0.4 is 16.4 Å². The molecule has 1 aliphatic rings. The highest BCUT2D eigenvalue weighted by Gasteiger charge is 2.24. The van der Waals surface area contributed by atoms with Crippen LogP contribution >= 0.6 is 24.8 Å². The van der Waals surface area contributed by atoms with E-state index in [1.165, 1.54) is 10.8 Å². The normalized spacial score (nSPS) is 17.9. The van der Waals surface area contributed by atoms with Crippen molar-refractivity contribution in [2.24, 2.45) is 5.73 Å². The summed E-state index contributed by atoms with van der Waals surface area (Å²) in [6.45, 7) is 1.32. The zero-order chi connectivity index (χ0) is 14.7. The monoisotopic (exact) mass is 355 g/mol. The van der Waals surface area contributed by atoms with Gasteiger partial charge < -0.3 is 16.4 Å². The van der Waals surface area contributed by atoms with E-state index in [-0.39, 0.29) is 42.8 Å². The molecule has 0 spiro atoms. The number of nitrogens with two attached hydrogens (primary N) is 1. The fourth-order valence-corrected chi connectivity index (χ4v) is 2.88. The highest BCUT2D eigenvalue weighted by molar-refractivity contribution is 5.86. The van der Waals surface area contributed by atoms with E-state index in [1.54, 1.807) is 0 Å². The van der Waals surface area contributed by atoms with Gasteiger partial charge in [-0.1, -0.05) is 36.4 Å². The molecule has 4 nitrogen and oxygen atoms in total. The summed E-state index contributed by atoms with van der Waals surface area (Å²) in [7, 11) is 0. The van der Waals surface area contributed by atoms with E-state index in [0.717, 1.165) is 24.9 Å². The highest BCUT2D eigenvalue weighted by atomic mass is 35.5. The maximum atomic E-state index is 12.2. The second-order valence-corrected chi connectivity index (χ2v) is 5.55. The largest absolute Gasteiger partial charge is 0.347 e. The van der Waals surface area contributed by atoms with Crippen molar-refractivity contribution in [2.75, 3.05) is 13.1 Å². The van der Waals surface area contributed by atoms with E-state index in [1.807, 2.05) is 18.2 Å². The lowest BCUT2D eigenvalue weighted by Crippen LogP contribution is -2.43. The molecule has 1 aliphatic heterocycles. The summed E-state index contributed by atoms with van der Waals surface area (Å²) in [5.74, 6) is 0.0520. The zero-order valence-electron chi connectivity index (χ0n) is 12.8. The maximum absolute atomic E-state index is 12.2. The maximum Gasteiger partial charge on any atom is 0.237 e. The molecule has 23 heavy (non-hydrogen) atoms. The standard InChI is InChI=1S/C17H21N3O.2ClH/c18-11-16(20-17(21)15-6-3-9-19-15)14-8-7-12-4-1-2-5-13(12)10-14;;/h1-2,4-5,7-8,10,15-16,19H,3,6,9,11,18H2,(H,20,21);2*1H/t15-,16?;;/m0../s1. The Morgan fingerprint density at radius 1 is 1.22 bits per heavy atom. The van der Waals surface area contributed by atoms with E-state index < -0.39 is 0 Å². The first-order valence-electron chi connectivity index (χ1n) is 7.50. The lowest BCUT2D eigenvalue weighted by molar-refractivity contribution is -0.123. The van der Waals surface area contributed by atoms with Crippen molar-refractivity contribution in [3.8, 4) is 0 Å². The van der Waals surface area contributed by atoms with Crippen molar-refractivity contribution in [3.63, 3.8) is 0 Å². The molecule has 0 aromatic heterocycles. The number of carbonyl (C=O) groups is 1. The van der Waals surface area contributed by atoms with Crippen LogP contribution in [0.4, 0.5) is 0 Å². The minimum Gasteiger partial charge on any atom is -0.347 e. The van der Waals surface area contributed by atoms with E-state index >= 15 is 0 Å². The summed E-state index contributed by atoms with van der Waals surface area (Å²) in [6.07, 6.45) is 1.96. The lowest BCUT2D eigenvalue weighted by atomic mass is 10.0. The third-order valence-electron chi connectivity index (χ3n) is 4.10. The van der Waals surface area contributed by atoms with Gasteiger partial charge in [0.15, 0.2) is 0 Å². The Labute approximate surface area is 149 Å². The first kappa shape index (κ1) is 19.7. The molecule has 0 aliphatic carbocycles. The van der Waals surface area contributed by atoms with E-state index in [9.17, 15) is 4.79 Å². The Morgan fingerprint density at radius 2 is 1.96 bits per heavy atom. The molecule has 2 aromatic carbocycles. The number of hydrogen-bond donors (Lipinski definition) is 3. The molecular weight excluding hydrogens is 333 g/mol. The molecule has 2 aromatic rings. The molecule has 1 unspecified atom stereocenters. The third-order valence-corrected chi connectivity index (χ3v) is 4.10. The number of hydrogen-bond acceptors (Lipinski definition) is 3. The van der Waals surface area contributed by atoms with Gasteiger partial charge in [-0.2, -0.15) is 0 Å². The summed E-state index contributed by atoms with van der Waals surface area (Å²) < 4.78 is 0. The zero-order valence-corrected chi connectivity index (χ0v) is 14.5. The number of halogens is 2. The van der Waals surface area contributed by atoms with Crippen molar-refractivity contribution < 1.29 is 4.79 Å². The number of amides is 1. The topological polar surface area (TPSA) is 67.1 Å². The highest BCUT2D eigenvalue weighted by Crippen LogP contribution is 2.20. The Hall–Kier alpha value is -1.33. The minimum absolute atomic E-state index is 0. The van der Waals surface area contributed by atoms with Crippen LogP contribution in [0.5, 0.6) is 0 Å². The van der Waals surface area contributed by atoms with Gasteiger partial charge in [0, 0.05) is 6.54 Å². The molecule has 0 saturated carbocycles. The van der Waals surface area contributed by atoms with Crippen molar-refractivity contribution in [2.45, 2.75) is 24.9 Å². The molecule has 2 atom stereocenters. The van der Waals surface area contributed by atoms with Crippen LogP contribution in [0.25, 0.3) is 10.8 Å². The lowest BCUT2D eigenvalue weighted by Gasteiger charge is -2.20. The van der Waals surface area contributed by atoms with Gasteiger partial charge in [0.05, 0.1) is 12.1 Å². The van der Waals surface area contributed by atoms with Gasteiger partial charge in [-0.15, -0.1) is 24.8 Å². The smallest absolute Gasteiger partial charge is 0.237 e. The second kappa shape index (κ2) is 9.08. The quantitative estimate of drug-likeness (QED) is 0.789. The van der Waals surface area contributed by atoms with Gasteiger partial charge in [0.25, 0.3) is 0 Å². The summed E-state index contributed by atoms with van der Waals surface area (Å²) in [4.78, 5) is 12.2. The number of fused-ring (bicyclic) bond motifs is 1. The Balaban J connectivity index is 0.00000132. The summed E-state index contributed by atoms with van der Waals surface area (Å²) >= 11 is 0. The molecule has 1 amide bonds. The van der Waals surface area contributed by atoms with Gasteiger partial charge in [-0.05, 0) is 41.8 Å². The number of rotatable bonds is 4. The average molecular weight is 356 g/mol. The van der Waals surface area contributed by atoms with Crippen LogP contribution in [-0.4, -0.2) is 25.0 Å².